The van der Waals surface area contributed by atoms with Crippen LogP contribution in [0.4, 0.5) is 5.82 Å². The van der Waals surface area contributed by atoms with E-state index in [2.05, 4.69) is 34.1 Å². The molecule has 0 N–H and O–H groups in total. The zero-order chi connectivity index (χ0) is 20.4. The van der Waals surface area contributed by atoms with Crippen molar-refractivity contribution in [3.63, 3.8) is 0 Å². The number of methoxy groups -OCH3 is 1. The molecule has 1 atom stereocenters. The summed E-state index contributed by atoms with van der Waals surface area (Å²) in [4.78, 5) is 20.8. The number of amides is 1. The van der Waals surface area contributed by atoms with Crippen molar-refractivity contribution in [2.24, 2.45) is 0 Å². The molecule has 3 aromatic rings. The minimum absolute atomic E-state index is 0.0456. The lowest BCUT2D eigenvalue weighted by Gasteiger charge is -2.35. The number of ether oxygens (including phenoxy) is 2. The Bertz CT molecular complexity index is 1030. The molecule has 4 rings (SSSR count). The molecular weight excluding hydrogens is 366 g/mol. The quantitative estimate of drug-likeness (QED) is 0.681. The highest BCUT2D eigenvalue weighted by molar-refractivity contribution is 5.98. The number of anilines is 1. The van der Waals surface area contributed by atoms with Crippen LogP contribution in [0.15, 0.2) is 54.7 Å². The van der Waals surface area contributed by atoms with Gasteiger partial charge < -0.3 is 19.3 Å². The predicted octanol–water partition coefficient (Wildman–Crippen LogP) is 3.52. The third-order valence-corrected chi connectivity index (χ3v) is 5.23. The number of fused-ring (bicyclic) bond motifs is 1. The van der Waals surface area contributed by atoms with Crippen molar-refractivity contribution >= 4 is 22.5 Å². The van der Waals surface area contributed by atoms with Gasteiger partial charge in [0.25, 0.3) is 5.91 Å². The number of benzene rings is 2. The number of pyridine rings is 1. The van der Waals surface area contributed by atoms with E-state index in [0.29, 0.717) is 31.1 Å². The van der Waals surface area contributed by atoms with Gasteiger partial charge >= 0.3 is 0 Å². The van der Waals surface area contributed by atoms with E-state index in [9.17, 15) is 4.79 Å². The molecule has 150 valence electrons. The second kappa shape index (κ2) is 8.09. The van der Waals surface area contributed by atoms with Crippen LogP contribution in [0.3, 0.4) is 0 Å². The summed E-state index contributed by atoms with van der Waals surface area (Å²) in [6.07, 6.45) is 1.65. The molecule has 1 saturated heterocycles. The number of hydrogen-bond donors (Lipinski definition) is 0. The van der Waals surface area contributed by atoms with Gasteiger partial charge in [-0.05, 0) is 46.7 Å². The zero-order valence-electron chi connectivity index (χ0n) is 17.0. The van der Waals surface area contributed by atoms with Crippen LogP contribution in [-0.4, -0.2) is 56.7 Å². The van der Waals surface area contributed by atoms with Crippen LogP contribution in [0.2, 0.25) is 0 Å². The molecule has 0 radical (unpaired) electrons. The van der Waals surface area contributed by atoms with Crippen molar-refractivity contribution in [3.05, 3.63) is 65.9 Å². The lowest BCUT2D eigenvalue weighted by molar-refractivity contribution is 0.0394. The topological polar surface area (TPSA) is 54.9 Å². The van der Waals surface area contributed by atoms with E-state index >= 15 is 0 Å². The zero-order valence-corrected chi connectivity index (χ0v) is 17.0. The summed E-state index contributed by atoms with van der Waals surface area (Å²) < 4.78 is 11.4. The van der Waals surface area contributed by atoms with E-state index in [-0.39, 0.29) is 12.0 Å². The normalized spacial score (nSPS) is 16.7. The van der Waals surface area contributed by atoms with Gasteiger partial charge in [0.05, 0.1) is 19.3 Å². The van der Waals surface area contributed by atoms with Crippen molar-refractivity contribution < 1.29 is 14.3 Å². The number of rotatable bonds is 4. The first-order valence-corrected chi connectivity index (χ1v) is 9.68. The average molecular weight is 391 g/mol. The van der Waals surface area contributed by atoms with Gasteiger partial charge in [-0.3, -0.25) is 4.79 Å². The van der Waals surface area contributed by atoms with Crippen LogP contribution in [0.5, 0.6) is 5.75 Å². The Morgan fingerprint density at radius 1 is 1.17 bits per heavy atom. The fourth-order valence-corrected chi connectivity index (χ4v) is 3.67. The molecule has 6 nitrogen and oxygen atoms in total. The highest BCUT2D eigenvalue weighted by Gasteiger charge is 2.26. The Morgan fingerprint density at radius 2 is 1.97 bits per heavy atom. The molecular formula is C23H25N3O3. The maximum Gasteiger partial charge on any atom is 0.257 e. The molecule has 2 aromatic carbocycles. The molecule has 1 aliphatic heterocycles. The first kappa shape index (κ1) is 19.2. The monoisotopic (exact) mass is 391 g/mol. The maximum atomic E-state index is 12.6. The Hall–Kier alpha value is -3.12. The second-order valence-corrected chi connectivity index (χ2v) is 7.35. The van der Waals surface area contributed by atoms with Crippen LogP contribution in [0, 0.1) is 0 Å². The van der Waals surface area contributed by atoms with Crippen molar-refractivity contribution in [2.45, 2.75) is 6.10 Å². The van der Waals surface area contributed by atoms with E-state index in [1.54, 1.807) is 38.4 Å². The maximum absolute atomic E-state index is 12.6. The molecule has 1 aliphatic rings. The molecule has 0 bridgehead atoms. The highest BCUT2D eigenvalue weighted by atomic mass is 16.5. The van der Waals surface area contributed by atoms with Gasteiger partial charge in [0.1, 0.15) is 17.7 Å². The fraction of sp³-hybridized carbons (Fsp3) is 0.304. The number of carbonyl (C=O) groups excluding carboxylic acids is 1. The molecule has 0 spiro atoms. The standard InChI is InChI=1S/C23H25N3O3/c1-25(2)23(27)20-5-4-10-24-22(20)26-11-12-29-21(15-26)18-7-6-17-14-19(28-3)9-8-16(17)13-18/h4-10,13-14,21H,11-12,15H2,1-3H3. The lowest BCUT2D eigenvalue weighted by Crippen LogP contribution is -2.40. The number of aromatic nitrogens is 1. The minimum atomic E-state index is -0.0837. The third-order valence-electron chi connectivity index (χ3n) is 5.23. The minimum Gasteiger partial charge on any atom is -0.497 e. The van der Waals surface area contributed by atoms with E-state index in [4.69, 9.17) is 9.47 Å². The predicted molar refractivity (Wildman–Crippen MR) is 114 cm³/mol. The van der Waals surface area contributed by atoms with Crippen LogP contribution >= 0.6 is 0 Å². The van der Waals surface area contributed by atoms with Gasteiger partial charge in [0, 0.05) is 33.4 Å². The Labute approximate surface area is 170 Å². The molecule has 1 unspecified atom stereocenters. The van der Waals surface area contributed by atoms with Crippen molar-refractivity contribution in [1.82, 2.24) is 9.88 Å². The van der Waals surface area contributed by atoms with Gasteiger partial charge in [-0.25, -0.2) is 4.98 Å². The molecule has 1 aromatic heterocycles. The highest BCUT2D eigenvalue weighted by Crippen LogP contribution is 2.30. The number of hydrogen-bond acceptors (Lipinski definition) is 5. The van der Waals surface area contributed by atoms with Crippen LogP contribution in [0.1, 0.15) is 22.0 Å². The van der Waals surface area contributed by atoms with Gasteiger partial charge in [0.2, 0.25) is 0 Å². The van der Waals surface area contributed by atoms with Crippen molar-refractivity contribution in [2.75, 3.05) is 45.8 Å². The number of carbonyl (C=O) groups is 1. The van der Waals surface area contributed by atoms with E-state index < -0.39 is 0 Å². The summed E-state index contributed by atoms with van der Waals surface area (Å²) in [7, 11) is 5.18. The Balaban J connectivity index is 1.61. The number of morpholine rings is 1. The molecule has 6 heteroatoms. The van der Waals surface area contributed by atoms with E-state index in [0.717, 1.165) is 22.1 Å². The molecule has 0 aliphatic carbocycles. The van der Waals surface area contributed by atoms with Gasteiger partial charge in [0.15, 0.2) is 0 Å². The summed E-state index contributed by atoms with van der Waals surface area (Å²) in [6, 6.07) is 16.0. The first-order chi connectivity index (χ1) is 14.1. The van der Waals surface area contributed by atoms with Crippen LogP contribution < -0.4 is 9.64 Å². The van der Waals surface area contributed by atoms with Crippen molar-refractivity contribution in [3.8, 4) is 5.75 Å². The summed E-state index contributed by atoms with van der Waals surface area (Å²) in [5, 5.41) is 2.27. The molecule has 29 heavy (non-hydrogen) atoms. The third kappa shape index (κ3) is 3.89. The largest absolute Gasteiger partial charge is 0.497 e. The SMILES string of the molecule is COc1ccc2cc(C3CN(c4ncccc4C(=O)N(C)C)CCO3)ccc2c1. The lowest BCUT2D eigenvalue weighted by atomic mass is 10.0. The van der Waals surface area contributed by atoms with E-state index in [1.165, 1.54) is 0 Å². The summed E-state index contributed by atoms with van der Waals surface area (Å²) in [6.45, 7) is 1.93. The second-order valence-electron chi connectivity index (χ2n) is 7.35. The van der Waals surface area contributed by atoms with Crippen molar-refractivity contribution in [1.29, 1.82) is 0 Å². The average Bonchev–Trinajstić information content (AvgIpc) is 2.77. The molecule has 1 amide bonds. The van der Waals surface area contributed by atoms with Gasteiger partial charge in [-0.2, -0.15) is 0 Å². The first-order valence-electron chi connectivity index (χ1n) is 9.68. The summed E-state index contributed by atoms with van der Waals surface area (Å²) in [5.74, 6) is 1.51. The van der Waals surface area contributed by atoms with Crippen LogP contribution in [0.25, 0.3) is 10.8 Å². The fourth-order valence-electron chi connectivity index (χ4n) is 3.67. The smallest absolute Gasteiger partial charge is 0.257 e. The Morgan fingerprint density at radius 3 is 2.76 bits per heavy atom. The molecule has 1 fully saturated rings. The van der Waals surface area contributed by atoms with E-state index in [1.807, 2.05) is 18.2 Å². The number of nitrogens with zero attached hydrogens (tertiary/aromatic N) is 3. The summed E-state index contributed by atoms with van der Waals surface area (Å²) >= 11 is 0. The molecule has 2 heterocycles. The van der Waals surface area contributed by atoms with Gasteiger partial charge in [-0.1, -0.05) is 18.2 Å². The van der Waals surface area contributed by atoms with Gasteiger partial charge in [-0.15, -0.1) is 0 Å². The molecule has 0 saturated carbocycles. The Kier molecular flexibility index (Phi) is 5.36. The van der Waals surface area contributed by atoms with Crippen LogP contribution in [-0.2, 0) is 4.74 Å². The summed E-state index contributed by atoms with van der Waals surface area (Å²) in [5.41, 5.74) is 1.73.